The third-order valence-corrected chi connectivity index (χ3v) is 2.87. The molecule has 0 bridgehead atoms. The Balaban J connectivity index is 2.12. The molecule has 0 saturated carbocycles. The van der Waals surface area contributed by atoms with Crippen LogP contribution in [-0.2, 0) is 9.53 Å². The van der Waals surface area contributed by atoms with Crippen molar-refractivity contribution in [2.75, 3.05) is 18.5 Å². The number of morpholine rings is 1. The number of anilines is 1. The van der Waals surface area contributed by atoms with Crippen LogP contribution >= 0.6 is 0 Å². The summed E-state index contributed by atoms with van der Waals surface area (Å²) in [5.74, 6) is -4.12. The number of ether oxygens (including phenoxy) is 1. The zero-order valence-corrected chi connectivity index (χ0v) is 10.2. The molecule has 1 heterocycles. The van der Waals surface area contributed by atoms with E-state index in [0.29, 0.717) is 25.3 Å². The molecule has 1 saturated heterocycles. The van der Waals surface area contributed by atoms with Crippen molar-refractivity contribution >= 4 is 11.6 Å². The molecule has 7 heteroatoms. The Hall–Kier alpha value is -1.60. The second-order valence-corrected chi connectivity index (χ2v) is 4.24. The van der Waals surface area contributed by atoms with Crippen molar-refractivity contribution < 1.29 is 22.7 Å². The maximum Gasteiger partial charge on any atom is 0.244 e. The topological polar surface area (TPSA) is 50.4 Å². The number of rotatable bonds is 2. The first-order chi connectivity index (χ1) is 8.99. The Kier molecular flexibility index (Phi) is 4.06. The van der Waals surface area contributed by atoms with E-state index in [1.165, 1.54) is 0 Å². The molecule has 1 aromatic carbocycles. The zero-order valence-electron chi connectivity index (χ0n) is 10.2. The molecule has 104 valence electrons. The van der Waals surface area contributed by atoms with E-state index in [4.69, 9.17) is 4.74 Å². The first-order valence-electron chi connectivity index (χ1n) is 5.79. The number of carbonyl (C=O) groups excluding carboxylic acids is 1. The summed E-state index contributed by atoms with van der Waals surface area (Å²) in [5.41, 5.74) is -0.400. The first kappa shape index (κ1) is 13.8. The Morgan fingerprint density at radius 3 is 2.68 bits per heavy atom. The summed E-state index contributed by atoms with van der Waals surface area (Å²) in [7, 11) is 0. The highest BCUT2D eigenvalue weighted by atomic mass is 19.2. The van der Waals surface area contributed by atoms with Gasteiger partial charge >= 0.3 is 0 Å². The summed E-state index contributed by atoms with van der Waals surface area (Å²) in [6, 6.07) is 0.331. The third-order valence-electron chi connectivity index (χ3n) is 2.87. The molecule has 2 atom stereocenters. The van der Waals surface area contributed by atoms with Crippen LogP contribution < -0.4 is 10.6 Å². The Bertz CT molecular complexity index is 496. The molecule has 2 rings (SSSR count). The summed E-state index contributed by atoms with van der Waals surface area (Å²) in [6.45, 7) is 2.66. The van der Waals surface area contributed by atoms with Gasteiger partial charge in [0.05, 0.1) is 18.4 Å². The Morgan fingerprint density at radius 2 is 2.00 bits per heavy atom. The van der Waals surface area contributed by atoms with Gasteiger partial charge in [0.25, 0.3) is 0 Å². The van der Waals surface area contributed by atoms with Gasteiger partial charge in [-0.25, -0.2) is 13.2 Å². The van der Waals surface area contributed by atoms with Crippen molar-refractivity contribution in [3.05, 3.63) is 29.6 Å². The van der Waals surface area contributed by atoms with Gasteiger partial charge < -0.3 is 15.4 Å². The number of hydrogen-bond donors (Lipinski definition) is 2. The Labute approximate surface area is 107 Å². The molecule has 1 aromatic rings. The van der Waals surface area contributed by atoms with Gasteiger partial charge in [0.15, 0.2) is 11.6 Å². The predicted molar refractivity (Wildman–Crippen MR) is 62.2 cm³/mol. The van der Waals surface area contributed by atoms with Crippen molar-refractivity contribution in [1.29, 1.82) is 0 Å². The smallest absolute Gasteiger partial charge is 0.244 e. The van der Waals surface area contributed by atoms with Gasteiger partial charge in [0.1, 0.15) is 11.9 Å². The second-order valence-electron chi connectivity index (χ2n) is 4.24. The summed E-state index contributed by atoms with van der Waals surface area (Å²) in [6.07, 6.45) is -0.387. The number of nitrogens with one attached hydrogen (secondary N) is 2. The third kappa shape index (κ3) is 3.05. The van der Waals surface area contributed by atoms with Gasteiger partial charge in [0.2, 0.25) is 5.91 Å². The fourth-order valence-electron chi connectivity index (χ4n) is 1.86. The lowest BCUT2D eigenvalue weighted by atomic mass is 10.1. The predicted octanol–water partition coefficient (Wildman–Crippen LogP) is 1.42. The number of benzene rings is 1. The number of carbonyl (C=O) groups is 1. The lowest BCUT2D eigenvalue weighted by Crippen LogP contribution is -2.53. The van der Waals surface area contributed by atoms with E-state index in [2.05, 4.69) is 10.6 Å². The fourth-order valence-corrected chi connectivity index (χ4v) is 1.86. The van der Waals surface area contributed by atoms with Gasteiger partial charge in [0, 0.05) is 18.7 Å². The zero-order chi connectivity index (χ0) is 14.0. The van der Waals surface area contributed by atoms with E-state index in [0.717, 1.165) is 0 Å². The van der Waals surface area contributed by atoms with E-state index in [-0.39, 0.29) is 6.10 Å². The van der Waals surface area contributed by atoms with Crippen LogP contribution in [0.3, 0.4) is 0 Å². The lowest BCUT2D eigenvalue weighted by Gasteiger charge is -2.29. The molecule has 2 N–H and O–H groups in total. The van der Waals surface area contributed by atoms with Gasteiger partial charge in [-0.2, -0.15) is 0 Å². The van der Waals surface area contributed by atoms with Crippen LogP contribution in [0.25, 0.3) is 0 Å². The first-order valence-corrected chi connectivity index (χ1v) is 5.79. The van der Waals surface area contributed by atoms with Gasteiger partial charge in [-0.05, 0) is 6.92 Å². The number of amides is 1. The van der Waals surface area contributed by atoms with E-state index in [1.807, 2.05) is 0 Å². The average molecular weight is 274 g/mol. The lowest BCUT2D eigenvalue weighted by molar-refractivity contribution is -0.123. The number of halogens is 3. The molecule has 1 fully saturated rings. The van der Waals surface area contributed by atoms with E-state index >= 15 is 0 Å². The van der Waals surface area contributed by atoms with E-state index in [1.54, 1.807) is 6.92 Å². The molecule has 0 spiro atoms. The maximum absolute atomic E-state index is 13.4. The fraction of sp³-hybridized carbons (Fsp3) is 0.417. The van der Waals surface area contributed by atoms with Crippen LogP contribution in [0.5, 0.6) is 0 Å². The van der Waals surface area contributed by atoms with Crippen LogP contribution in [0.2, 0.25) is 0 Å². The van der Waals surface area contributed by atoms with Gasteiger partial charge in [-0.1, -0.05) is 0 Å². The monoisotopic (exact) mass is 274 g/mol. The van der Waals surface area contributed by atoms with E-state index in [9.17, 15) is 18.0 Å². The quantitative estimate of drug-likeness (QED) is 0.802. The molecular weight excluding hydrogens is 261 g/mol. The molecule has 0 aliphatic carbocycles. The van der Waals surface area contributed by atoms with Gasteiger partial charge in [-0.15, -0.1) is 0 Å². The molecule has 1 aliphatic rings. The molecule has 0 aromatic heterocycles. The normalized spacial score (nSPS) is 23.2. The summed E-state index contributed by atoms with van der Waals surface area (Å²) in [5, 5.41) is 5.12. The summed E-state index contributed by atoms with van der Waals surface area (Å²) >= 11 is 0. The highest BCUT2D eigenvalue weighted by molar-refractivity contribution is 5.95. The molecule has 19 heavy (non-hydrogen) atoms. The van der Waals surface area contributed by atoms with Gasteiger partial charge in [-0.3, -0.25) is 4.79 Å². The number of hydrogen-bond acceptors (Lipinski definition) is 3. The van der Waals surface area contributed by atoms with Crippen LogP contribution in [0.1, 0.15) is 6.92 Å². The maximum atomic E-state index is 13.4. The minimum Gasteiger partial charge on any atom is -0.375 e. The van der Waals surface area contributed by atoms with Crippen molar-refractivity contribution in [1.82, 2.24) is 5.32 Å². The molecular formula is C12H13F3N2O2. The van der Waals surface area contributed by atoms with Crippen LogP contribution in [0.15, 0.2) is 12.1 Å². The summed E-state index contributed by atoms with van der Waals surface area (Å²) in [4.78, 5) is 11.9. The highest BCUT2D eigenvalue weighted by Crippen LogP contribution is 2.19. The van der Waals surface area contributed by atoms with E-state index < -0.39 is 35.1 Å². The Morgan fingerprint density at radius 1 is 1.32 bits per heavy atom. The van der Waals surface area contributed by atoms with Crippen LogP contribution in [0.4, 0.5) is 18.9 Å². The van der Waals surface area contributed by atoms with Crippen molar-refractivity contribution in [2.45, 2.75) is 19.1 Å². The van der Waals surface area contributed by atoms with Crippen LogP contribution in [0, 0.1) is 17.5 Å². The minimum atomic E-state index is -1.30. The minimum absolute atomic E-state index is 0.387. The SMILES string of the molecule is C[C@H]1OCCN[C@@H]1C(=O)Nc1cc(F)c(F)cc1F. The second kappa shape index (κ2) is 5.58. The molecule has 0 unspecified atom stereocenters. The summed E-state index contributed by atoms with van der Waals surface area (Å²) < 4.78 is 44.4. The highest BCUT2D eigenvalue weighted by Gasteiger charge is 2.29. The molecule has 0 radical (unpaired) electrons. The molecule has 1 amide bonds. The van der Waals surface area contributed by atoms with Crippen molar-refractivity contribution in [3.63, 3.8) is 0 Å². The molecule has 1 aliphatic heterocycles. The van der Waals surface area contributed by atoms with Crippen molar-refractivity contribution in [3.8, 4) is 0 Å². The average Bonchev–Trinajstić information content (AvgIpc) is 2.36. The van der Waals surface area contributed by atoms with Crippen molar-refractivity contribution in [2.24, 2.45) is 0 Å². The van der Waals surface area contributed by atoms with Crippen LogP contribution in [-0.4, -0.2) is 31.2 Å². The standard InChI is InChI=1S/C12H13F3N2O2/c1-6-11(16-2-3-19-6)12(18)17-10-5-8(14)7(13)4-9(10)15/h4-6,11,16H,2-3H2,1H3,(H,17,18)/t6-,11+/m1/s1. The molecule has 4 nitrogen and oxygen atoms in total. The largest absolute Gasteiger partial charge is 0.375 e.